The lowest BCUT2D eigenvalue weighted by Crippen LogP contribution is -2.43. The molecule has 0 amide bonds. The van der Waals surface area contributed by atoms with E-state index in [-0.39, 0.29) is 6.10 Å². The predicted octanol–water partition coefficient (Wildman–Crippen LogP) is 4.64. The third kappa shape index (κ3) is 3.29. The zero-order valence-corrected chi connectivity index (χ0v) is 16.6. The van der Waals surface area contributed by atoms with Crippen molar-refractivity contribution < 1.29 is 14.6 Å². The third-order valence-electron chi connectivity index (χ3n) is 5.51. The van der Waals surface area contributed by atoms with E-state index >= 15 is 0 Å². The molecule has 0 radical (unpaired) electrons. The van der Waals surface area contributed by atoms with Crippen molar-refractivity contribution in [1.82, 2.24) is 4.98 Å². The smallest absolute Gasteiger partial charge is 0.198 e. The molecule has 5 heteroatoms. The average molecular weight is 394 g/mol. The van der Waals surface area contributed by atoms with Crippen LogP contribution in [0.5, 0.6) is 0 Å². The Morgan fingerprint density at radius 2 is 2.07 bits per heavy atom. The molecule has 2 aromatic carbocycles. The Hall–Kier alpha value is -2.05. The van der Waals surface area contributed by atoms with Gasteiger partial charge < -0.3 is 14.6 Å². The van der Waals surface area contributed by atoms with Gasteiger partial charge in [0.2, 0.25) is 0 Å². The minimum absolute atomic E-state index is 0.0225. The van der Waals surface area contributed by atoms with E-state index in [1.54, 1.807) is 11.3 Å². The van der Waals surface area contributed by atoms with Gasteiger partial charge in [0.15, 0.2) is 5.79 Å². The molecule has 0 aliphatic carbocycles. The summed E-state index contributed by atoms with van der Waals surface area (Å²) in [5, 5.41) is 11.4. The Labute approximate surface area is 168 Å². The molecule has 1 N–H and O–H groups in total. The molecule has 2 aliphatic heterocycles. The summed E-state index contributed by atoms with van der Waals surface area (Å²) in [5.41, 5.74) is 4.60. The largest absolute Gasteiger partial charge is 0.393 e. The normalized spacial score (nSPS) is 26.5. The molecule has 28 heavy (non-hydrogen) atoms. The maximum atomic E-state index is 10.3. The van der Waals surface area contributed by atoms with Crippen molar-refractivity contribution >= 4 is 11.3 Å². The van der Waals surface area contributed by atoms with Crippen molar-refractivity contribution in [3.8, 4) is 10.4 Å². The Morgan fingerprint density at radius 1 is 1.21 bits per heavy atom. The van der Waals surface area contributed by atoms with Gasteiger partial charge in [0.05, 0.1) is 28.7 Å². The van der Waals surface area contributed by atoms with Gasteiger partial charge in [-0.2, -0.15) is 0 Å². The number of ether oxygens (including phenoxy) is 2. The second-order valence-corrected chi connectivity index (χ2v) is 8.83. The number of fused-ring (bicyclic) bond motifs is 2. The number of aliphatic hydroxyl groups excluding tert-OH is 1. The summed E-state index contributed by atoms with van der Waals surface area (Å²) in [7, 11) is 0. The summed E-state index contributed by atoms with van der Waals surface area (Å²) in [6.45, 7) is 2.53. The first-order valence-electron chi connectivity index (χ1n) is 9.73. The van der Waals surface area contributed by atoms with Gasteiger partial charge in [-0.3, -0.25) is 0 Å². The lowest BCUT2D eigenvalue weighted by Gasteiger charge is -2.39. The van der Waals surface area contributed by atoms with E-state index in [2.05, 4.69) is 35.3 Å². The number of hydrogen-bond acceptors (Lipinski definition) is 5. The molecule has 1 aromatic heterocycles. The number of nitrogens with zero attached hydrogens (tertiary/aromatic N) is 1. The Kier molecular flexibility index (Phi) is 4.56. The Morgan fingerprint density at radius 3 is 2.89 bits per heavy atom. The summed E-state index contributed by atoms with van der Waals surface area (Å²) in [6, 6.07) is 16.8. The van der Waals surface area contributed by atoms with E-state index < -0.39 is 11.9 Å². The van der Waals surface area contributed by atoms with Crippen molar-refractivity contribution in [3.05, 3.63) is 76.4 Å². The Bertz CT molecular complexity index is 975. The van der Waals surface area contributed by atoms with E-state index in [0.717, 1.165) is 22.6 Å². The van der Waals surface area contributed by atoms with Crippen LogP contribution in [0.25, 0.3) is 10.4 Å². The van der Waals surface area contributed by atoms with Gasteiger partial charge in [0.1, 0.15) is 0 Å². The minimum Gasteiger partial charge on any atom is -0.393 e. The molecule has 3 aromatic rings. The fourth-order valence-electron chi connectivity index (χ4n) is 4.25. The minimum atomic E-state index is -0.805. The highest BCUT2D eigenvalue weighted by atomic mass is 32.1. The molecular formula is C23H23NO3S. The highest BCUT2D eigenvalue weighted by Gasteiger charge is 2.47. The van der Waals surface area contributed by atoms with Crippen LogP contribution in [-0.2, 0) is 28.3 Å². The first-order chi connectivity index (χ1) is 13.6. The van der Waals surface area contributed by atoms with Crippen molar-refractivity contribution in [2.24, 2.45) is 0 Å². The van der Waals surface area contributed by atoms with Gasteiger partial charge in [0.25, 0.3) is 0 Å². The molecule has 0 saturated carbocycles. The third-order valence-corrected chi connectivity index (χ3v) is 6.56. The van der Waals surface area contributed by atoms with Gasteiger partial charge in [0, 0.05) is 24.6 Å². The standard InChI is InChI=1S/C23H23NO3S/c1-15-9-19(25)12-23(27-15)20-10-16(7-8-18(20)14-26-23)11-22-24-13-21(28-22)17-5-3-2-4-6-17/h2-8,10,13,15,19,25H,9,11-12,14H2,1H3/t15?,19?,23-/m1/s1. The second-order valence-electron chi connectivity index (χ2n) is 7.72. The lowest BCUT2D eigenvalue weighted by molar-refractivity contribution is -0.295. The zero-order chi connectivity index (χ0) is 19.1. The summed E-state index contributed by atoms with van der Waals surface area (Å²) in [5.74, 6) is -0.805. The summed E-state index contributed by atoms with van der Waals surface area (Å²) in [4.78, 5) is 5.81. The maximum Gasteiger partial charge on any atom is 0.198 e. The van der Waals surface area contributed by atoms with Crippen molar-refractivity contribution in [2.75, 3.05) is 0 Å². The molecule has 5 rings (SSSR count). The predicted molar refractivity (Wildman–Crippen MR) is 109 cm³/mol. The molecule has 3 atom stereocenters. The summed E-state index contributed by atoms with van der Waals surface area (Å²) in [6.07, 6.45) is 3.45. The molecule has 2 unspecified atom stereocenters. The molecule has 2 aliphatic rings. The fourth-order valence-corrected chi connectivity index (χ4v) is 5.21. The number of aliphatic hydroxyl groups is 1. The molecule has 1 fully saturated rings. The molecule has 0 bridgehead atoms. The number of rotatable bonds is 3. The van der Waals surface area contributed by atoms with E-state index in [1.165, 1.54) is 16.0 Å². The van der Waals surface area contributed by atoms with Crippen LogP contribution >= 0.6 is 11.3 Å². The average Bonchev–Trinajstić information content (AvgIpc) is 3.27. The summed E-state index contributed by atoms with van der Waals surface area (Å²) < 4.78 is 12.3. The van der Waals surface area contributed by atoms with E-state index in [9.17, 15) is 5.11 Å². The molecule has 3 heterocycles. The van der Waals surface area contributed by atoms with Gasteiger partial charge in [-0.25, -0.2) is 4.98 Å². The highest BCUT2D eigenvalue weighted by molar-refractivity contribution is 7.15. The number of thiazole rings is 1. The van der Waals surface area contributed by atoms with Gasteiger partial charge in [-0.05, 0) is 36.1 Å². The van der Waals surface area contributed by atoms with E-state index in [0.29, 0.717) is 19.4 Å². The van der Waals surface area contributed by atoms with Crippen molar-refractivity contribution in [2.45, 2.75) is 50.8 Å². The molecule has 1 spiro atoms. The highest BCUT2D eigenvalue weighted by Crippen LogP contribution is 2.45. The van der Waals surface area contributed by atoms with Crippen molar-refractivity contribution in [1.29, 1.82) is 0 Å². The van der Waals surface area contributed by atoms with Crippen LogP contribution < -0.4 is 0 Å². The first-order valence-corrected chi connectivity index (χ1v) is 10.6. The quantitative estimate of drug-likeness (QED) is 0.704. The van der Waals surface area contributed by atoms with Crippen LogP contribution in [0, 0.1) is 0 Å². The second kappa shape index (κ2) is 7.08. The number of benzene rings is 2. The molecule has 1 saturated heterocycles. The van der Waals surface area contributed by atoms with Crippen LogP contribution in [0.2, 0.25) is 0 Å². The van der Waals surface area contributed by atoms with Gasteiger partial charge >= 0.3 is 0 Å². The zero-order valence-electron chi connectivity index (χ0n) is 15.8. The number of hydrogen-bond donors (Lipinski definition) is 1. The first kappa shape index (κ1) is 18.0. The van der Waals surface area contributed by atoms with Gasteiger partial charge in [-0.1, -0.05) is 42.5 Å². The Balaban J connectivity index is 1.41. The van der Waals surface area contributed by atoms with Crippen LogP contribution in [-0.4, -0.2) is 22.3 Å². The molecular weight excluding hydrogens is 370 g/mol. The van der Waals surface area contributed by atoms with Crippen molar-refractivity contribution in [3.63, 3.8) is 0 Å². The van der Waals surface area contributed by atoms with E-state index in [1.807, 2.05) is 31.3 Å². The van der Waals surface area contributed by atoms with Crippen LogP contribution in [0.3, 0.4) is 0 Å². The van der Waals surface area contributed by atoms with Crippen LogP contribution in [0.4, 0.5) is 0 Å². The van der Waals surface area contributed by atoms with E-state index in [4.69, 9.17) is 9.47 Å². The molecule has 4 nitrogen and oxygen atoms in total. The van der Waals surface area contributed by atoms with Crippen LogP contribution in [0.1, 0.15) is 41.5 Å². The topological polar surface area (TPSA) is 51.6 Å². The van der Waals surface area contributed by atoms with Gasteiger partial charge in [-0.15, -0.1) is 11.3 Å². The SMILES string of the molecule is CC1CC(O)C[C@@]2(OCc3ccc(Cc4ncc(-c5ccccc5)s4)cc32)O1. The number of aromatic nitrogens is 1. The van der Waals surface area contributed by atoms with Crippen LogP contribution in [0.15, 0.2) is 54.7 Å². The maximum absolute atomic E-state index is 10.3. The lowest BCUT2D eigenvalue weighted by atomic mass is 9.90. The monoisotopic (exact) mass is 393 g/mol. The summed E-state index contributed by atoms with van der Waals surface area (Å²) >= 11 is 1.73. The molecule has 144 valence electrons. The fraction of sp³-hybridized carbons (Fsp3) is 0.348.